The summed E-state index contributed by atoms with van der Waals surface area (Å²) in [4.78, 5) is 53.1. The molecule has 0 aliphatic heterocycles. The third-order valence-electron chi connectivity index (χ3n) is 7.53. The van der Waals surface area contributed by atoms with Gasteiger partial charge in [-0.1, -0.05) is 49.0 Å². The summed E-state index contributed by atoms with van der Waals surface area (Å²) in [7, 11) is 0. The number of pyridine rings is 2. The third kappa shape index (κ3) is 9.33. The first-order chi connectivity index (χ1) is 23.9. The molecule has 4 aromatic heterocycles. The van der Waals surface area contributed by atoms with E-state index < -0.39 is 28.7 Å². The molecule has 0 spiro atoms. The van der Waals surface area contributed by atoms with E-state index in [1.807, 2.05) is 86.7 Å². The van der Waals surface area contributed by atoms with Gasteiger partial charge in [-0.05, 0) is 104 Å². The molecule has 6 aromatic rings. The quantitative estimate of drug-likeness (QED) is 0.106. The van der Waals surface area contributed by atoms with Crippen LogP contribution in [0.25, 0.3) is 27.4 Å². The molecule has 0 aliphatic carbocycles. The van der Waals surface area contributed by atoms with Crippen molar-refractivity contribution in [2.75, 3.05) is 0 Å². The molecule has 10 nitrogen and oxygen atoms in total. The van der Waals surface area contributed by atoms with Crippen LogP contribution in [0.2, 0.25) is 0 Å². The number of aromatic amines is 1. The van der Waals surface area contributed by atoms with Crippen molar-refractivity contribution in [1.29, 1.82) is 0 Å². The highest BCUT2D eigenvalue weighted by Crippen LogP contribution is 2.28. The Morgan fingerprint density at radius 3 is 1.73 bits per heavy atom. The van der Waals surface area contributed by atoms with Crippen molar-refractivity contribution in [3.05, 3.63) is 129 Å². The fraction of sp³-hybridized carbons (Fsp3) is 0.243. The third-order valence-corrected chi connectivity index (χ3v) is 9.41. The van der Waals surface area contributed by atoms with Crippen LogP contribution >= 0.6 is 45.2 Å². The van der Waals surface area contributed by atoms with Gasteiger partial charge >= 0.3 is 0 Å². The van der Waals surface area contributed by atoms with Gasteiger partial charge in [0, 0.05) is 30.3 Å². The number of hydrogen-bond donors (Lipinski definition) is 1. The van der Waals surface area contributed by atoms with Gasteiger partial charge in [0.1, 0.15) is 11.6 Å². The van der Waals surface area contributed by atoms with Crippen molar-refractivity contribution in [2.24, 2.45) is 0 Å². The Bertz CT molecular complexity index is 2380. The topological polar surface area (TPSA) is 141 Å². The van der Waals surface area contributed by atoms with Gasteiger partial charge in [-0.2, -0.15) is 19.3 Å². The smallest absolute Gasteiger partial charge is 0.283 e. The monoisotopic (exact) mass is 938 g/mol. The fourth-order valence-electron chi connectivity index (χ4n) is 4.68. The number of fused-ring (bicyclic) bond motifs is 2. The predicted octanol–water partition coefficient (Wildman–Crippen LogP) is 8.27. The number of carbonyl (C=O) groups is 2. The summed E-state index contributed by atoms with van der Waals surface area (Å²) in [6, 6.07) is 9.58. The zero-order valence-electron chi connectivity index (χ0n) is 28.2. The molecule has 0 fully saturated rings. The highest BCUT2D eigenvalue weighted by molar-refractivity contribution is 14.1. The maximum absolute atomic E-state index is 14.7. The Morgan fingerprint density at radius 1 is 0.731 bits per heavy atom. The largest absolute Gasteiger partial charge is 0.298 e. The molecular formula is C37H35F3I2N6O4. The van der Waals surface area contributed by atoms with Gasteiger partial charge in [0.2, 0.25) is 5.95 Å². The first-order valence-corrected chi connectivity index (χ1v) is 17.3. The van der Waals surface area contributed by atoms with Gasteiger partial charge in [-0.25, -0.2) is 23.8 Å². The van der Waals surface area contributed by atoms with Crippen molar-refractivity contribution in [3.8, 4) is 5.82 Å². The van der Waals surface area contributed by atoms with Gasteiger partial charge < -0.3 is 0 Å². The van der Waals surface area contributed by atoms with Crippen LogP contribution < -0.4 is 11.1 Å². The number of benzene rings is 2. The summed E-state index contributed by atoms with van der Waals surface area (Å²) in [6.45, 7) is 11.9. The Hall–Kier alpha value is -4.39. The molecule has 52 heavy (non-hydrogen) atoms. The zero-order chi connectivity index (χ0) is 37.8. The van der Waals surface area contributed by atoms with Crippen LogP contribution in [0, 0.1) is 24.7 Å². The van der Waals surface area contributed by atoms with E-state index in [1.165, 1.54) is 36.9 Å². The predicted molar refractivity (Wildman–Crippen MR) is 212 cm³/mol. The highest BCUT2D eigenvalue weighted by atomic mass is 127. The first-order valence-electron chi connectivity index (χ1n) is 15.1. The Morgan fingerprint density at radius 2 is 1.23 bits per heavy atom. The summed E-state index contributed by atoms with van der Waals surface area (Å²) in [6.07, 6.45) is 6.76. The van der Waals surface area contributed by atoms with Crippen molar-refractivity contribution >= 4 is 79.3 Å². The molecule has 6 rings (SSSR count). The lowest BCUT2D eigenvalue weighted by Gasteiger charge is -2.19. The number of hydrogen-bond acceptors (Lipinski definition) is 8. The van der Waals surface area contributed by atoms with Crippen LogP contribution in [-0.4, -0.2) is 42.5 Å². The minimum Gasteiger partial charge on any atom is -0.298 e. The maximum Gasteiger partial charge on any atom is 0.283 e. The van der Waals surface area contributed by atoms with Crippen LogP contribution in [0.5, 0.6) is 0 Å². The molecule has 2 aromatic carbocycles. The molecule has 1 N–H and O–H groups in total. The lowest BCUT2D eigenvalue weighted by Crippen LogP contribution is -2.24. The Balaban J connectivity index is 0.000000231. The first kappa shape index (κ1) is 42.0. The van der Waals surface area contributed by atoms with Crippen LogP contribution in [0.4, 0.5) is 13.2 Å². The van der Waals surface area contributed by atoms with E-state index in [0.29, 0.717) is 30.5 Å². The summed E-state index contributed by atoms with van der Waals surface area (Å²) in [5, 5.41) is 11.0. The zero-order valence-corrected chi connectivity index (χ0v) is 32.5. The lowest BCUT2D eigenvalue weighted by molar-refractivity contribution is 0.111. The molecule has 4 heterocycles. The van der Waals surface area contributed by atoms with Crippen LogP contribution in [0.1, 0.15) is 80.8 Å². The van der Waals surface area contributed by atoms with E-state index >= 15 is 0 Å². The van der Waals surface area contributed by atoms with Crippen LogP contribution in [0.3, 0.4) is 0 Å². The molecule has 0 unspecified atom stereocenters. The van der Waals surface area contributed by atoms with Crippen LogP contribution in [0.15, 0.2) is 70.8 Å². The van der Waals surface area contributed by atoms with Gasteiger partial charge in [0.25, 0.3) is 11.1 Å². The molecule has 0 amide bonds. The summed E-state index contributed by atoms with van der Waals surface area (Å²) in [5.41, 5.74) is 0.348. The molecule has 15 heteroatoms. The summed E-state index contributed by atoms with van der Waals surface area (Å²) < 4.78 is 43.1. The number of nitrogens with one attached hydrogen (secondary N) is 1. The lowest BCUT2D eigenvalue weighted by atomic mass is 9.86. The summed E-state index contributed by atoms with van der Waals surface area (Å²) in [5.74, 6) is -1.72. The fourth-order valence-corrected chi connectivity index (χ4v) is 5.72. The molecular weight excluding hydrogens is 903 g/mol. The number of aromatic nitrogens is 6. The Labute approximate surface area is 324 Å². The minimum atomic E-state index is -0.707. The molecule has 0 aliphatic rings. The van der Waals surface area contributed by atoms with E-state index in [2.05, 4.69) is 25.3 Å². The average molecular weight is 939 g/mol. The number of rotatable bonds is 3. The van der Waals surface area contributed by atoms with Gasteiger partial charge in [0.05, 0.1) is 34.3 Å². The Kier molecular flexibility index (Phi) is 13.7. The second-order valence-corrected chi connectivity index (χ2v) is 15.5. The highest BCUT2D eigenvalue weighted by Gasteiger charge is 2.21. The second kappa shape index (κ2) is 17.0. The molecule has 0 bridgehead atoms. The number of H-pyrrole nitrogens is 1. The molecule has 272 valence electrons. The number of carbonyl (C=O) groups excluding carboxylic acids is 2. The summed E-state index contributed by atoms with van der Waals surface area (Å²) >= 11 is 3.85. The van der Waals surface area contributed by atoms with Gasteiger partial charge in [-0.3, -0.25) is 19.2 Å². The van der Waals surface area contributed by atoms with E-state index in [9.17, 15) is 32.3 Å². The van der Waals surface area contributed by atoms with E-state index in [0.717, 1.165) is 15.8 Å². The molecule has 0 atom stereocenters. The SMILES string of the molecule is C.CC(C)(C)c1cc(F)c2c(=O)[nH]ncc2c1.CC(C)(C)c1cc(F)c2c(=O)n(-c3nccc(I)c3C=O)ncc2c1.O=Cc1c(I)ccnc1F. The normalized spacial score (nSPS) is 11.1. The van der Waals surface area contributed by atoms with Crippen molar-refractivity contribution in [1.82, 2.24) is 29.9 Å². The average Bonchev–Trinajstić information content (AvgIpc) is 3.04. The second-order valence-electron chi connectivity index (χ2n) is 13.2. The van der Waals surface area contributed by atoms with Crippen molar-refractivity contribution in [2.45, 2.75) is 59.8 Å². The van der Waals surface area contributed by atoms with Crippen LogP contribution in [-0.2, 0) is 10.8 Å². The molecule has 0 radical (unpaired) electrons. The van der Waals surface area contributed by atoms with Crippen molar-refractivity contribution in [3.63, 3.8) is 0 Å². The number of aldehydes is 2. The van der Waals surface area contributed by atoms with Gasteiger partial charge in [0.15, 0.2) is 18.4 Å². The minimum absolute atomic E-state index is 0. The maximum atomic E-state index is 14.7. The van der Waals surface area contributed by atoms with Gasteiger partial charge in [-0.15, -0.1) is 0 Å². The van der Waals surface area contributed by atoms with E-state index in [4.69, 9.17) is 0 Å². The molecule has 0 saturated heterocycles. The standard InChI is InChI=1S/C18H15FIN3O2.C12H13FN2O.C6H3FINO.CH4/c1-18(2,3)11-6-10-8-22-23(17(25)15(10)13(19)7-11)16-12(9-24)14(20)4-5-21-16;1-12(2,3)8-4-7-6-14-15-11(16)10(7)9(13)5-8;7-6-4(3-10)5(8)1-2-9-6;/h4-9H,1-3H3;4-6H,1-3H3,(H,15,16);1-3H;1H4. The molecule has 0 saturated carbocycles. The number of nitrogens with zero attached hydrogens (tertiary/aromatic N) is 5. The van der Waals surface area contributed by atoms with E-state index in [-0.39, 0.29) is 46.0 Å². The van der Waals surface area contributed by atoms with Crippen molar-refractivity contribution < 1.29 is 22.8 Å². The number of halogens is 5. The van der Waals surface area contributed by atoms with E-state index in [1.54, 1.807) is 24.3 Å².